The predicted octanol–water partition coefficient (Wildman–Crippen LogP) is 2.53. The minimum atomic E-state index is -0.130. The van der Waals surface area contributed by atoms with Crippen molar-refractivity contribution in [3.05, 3.63) is 35.5 Å². The standard InChI is InChI=1S/C20H26N4OS/c1-11(22-20(26)23-12(2)25)14-7-16-15-5-4-6-17-19(15)13(9-21-17)8-18(16)24(3)10-14/h4-6,9,11,14,16,18,21H,7-8,10H2,1-3H3,(H2,22,23,25,26)/t11?,14-,16-,18-/m1/s1. The molecule has 1 amide bonds. The summed E-state index contributed by atoms with van der Waals surface area (Å²) < 4.78 is 0. The maximum absolute atomic E-state index is 11.2. The number of likely N-dealkylation sites (N-methyl/N-ethyl adjacent to an activating group) is 1. The number of rotatable bonds is 2. The molecule has 4 rings (SSSR count). The summed E-state index contributed by atoms with van der Waals surface area (Å²) in [6.07, 6.45) is 4.42. The number of carbonyl (C=O) groups is 1. The lowest BCUT2D eigenvalue weighted by Gasteiger charge is -2.47. The highest BCUT2D eigenvalue weighted by molar-refractivity contribution is 7.80. The summed E-state index contributed by atoms with van der Waals surface area (Å²) in [7, 11) is 2.24. The third kappa shape index (κ3) is 3.01. The molecule has 1 aliphatic carbocycles. The van der Waals surface area contributed by atoms with E-state index in [1.54, 1.807) is 0 Å². The lowest BCUT2D eigenvalue weighted by molar-refractivity contribution is -0.117. The number of hydrogen-bond donors (Lipinski definition) is 3. The van der Waals surface area contributed by atoms with Gasteiger partial charge < -0.3 is 20.5 Å². The lowest BCUT2D eigenvalue weighted by Crippen LogP contribution is -2.54. The van der Waals surface area contributed by atoms with Gasteiger partial charge in [-0.25, -0.2) is 0 Å². The van der Waals surface area contributed by atoms with E-state index in [4.69, 9.17) is 12.2 Å². The fourth-order valence-electron chi connectivity index (χ4n) is 4.87. The molecule has 1 unspecified atom stereocenters. The van der Waals surface area contributed by atoms with E-state index in [9.17, 15) is 4.79 Å². The number of carbonyl (C=O) groups excluding carboxylic acids is 1. The van der Waals surface area contributed by atoms with Crippen LogP contribution in [0.3, 0.4) is 0 Å². The fraction of sp³-hybridized carbons (Fsp3) is 0.500. The van der Waals surface area contributed by atoms with Crippen LogP contribution >= 0.6 is 12.2 Å². The monoisotopic (exact) mass is 370 g/mol. The topological polar surface area (TPSA) is 60.2 Å². The second-order valence-electron chi connectivity index (χ2n) is 7.84. The summed E-state index contributed by atoms with van der Waals surface area (Å²) in [6.45, 7) is 4.68. The zero-order valence-electron chi connectivity index (χ0n) is 15.5. The van der Waals surface area contributed by atoms with Crippen molar-refractivity contribution in [1.29, 1.82) is 0 Å². The number of aromatic nitrogens is 1. The van der Waals surface area contributed by atoms with Gasteiger partial charge in [0.25, 0.3) is 0 Å². The highest BCUT2D eigenvalue weighted by Gasteiger charge is 2.40. The Morgan fingerprint density at radius 3 is 3.00 bits per heavy atom. The van der Waals surface area contributed by atoms with Gasteiger partial charge in [0.2, 0.25) is 5.91 Å². The highest BCUT2D eigenvalue weighted by atomic mass is 32.1. The van der Waals surface area contributed by atoms with Gasteiger partial charge in [-0.2, -0.15) is 0 Å². The van der Waals surface area contributed by atoms with Gasteiger partial charge in [-0.15, -0.1) is 0 Å². The molecule has 5 nitrogen and oxygen atoms in total. The fourth-order valence-corrected chi connectivity index (χ4v) is 5.20. The van der Waals surface area contributed by atoms with Crippen LogP contribution in [0, 0.1) is 5.92 Å². The third-order valence-corrected chi connectivity index (χ3v) is 6.33. The molecule has 26 heavy (non-hydrogen) atoms. The van der Waals surface area contributed by atoms with Crippen LogP contribution in [0.1, 0.15) is 37.3 Å². The Hall–Kier alpha value is -1.92. The number of nitrogens with one attached hydrogen (secondary N) is 3. The Balaban J connectivity index is 1.57. The Bertz CT molecular complexity index is 861. The molecule has 1 saturated heterocycles. The first kappa shape index (κ1) is 17.5. The maximum Gasteiger partial charge on any atom is 0.222 e. The third-order valence-electron chi connectivity index (χ3n) is 6.11. The van der Waals surface area contributed by atoms with E-state index in [0.717, 1.165) is 19.4 Å². The van der Waals surface area contributed by atoms with E-state index in [2.05, 4.69) is 58.9 Å². The summed E-state index contributed by atoms with van der Waals surface area (Å²) in [5.74, 6) is 0.877. The second-order valence-corrected chi connectivity index (χ2v) is 8.25. The number of fused-ring (bicyclic) bond motifs is 2. The molecule has 1 aromatic carbocycles. The van der Waals surface area contributed by atoms with Gasteiger partial charge in [-0.3, -0.25) is 4.79 Å². The van der Waals surface area contributed by atoms with Crippen LogP contribution in [0.2, 0.25) is 0 Å². The molecule has 1 aromatic heterocycles. The first-order valence-electron chi connectivity index (χ1n) is 9.31. The molecular formula is C20H26N4OS. The molecule has 6 heteroatoms. The largest absolute Gasteiger partial charge is 0.361 e. The van der Waals surface area contributed by atoms with Crippen molar-refractivity contribution >= 4 is 34.1 Å². The van der Waals surface area contributed by atoms with Gasteiger partial charge in [-0.05, 0) is 62.1 Å². The van der Waals surface area contributed by atoms with Crippen LogP contribution in [-0.2, 0) is 11.2 Å². The number of benzene rings is 1. The quantitative estimate of drug-likeness (QED) is 0.711. The predicted molar refractivity (Wildman–Crippen MR) is 108 cm³/mol. The van der Waals surface area contributed by atoms with Crippen LogP contribution in [0.25, 0.3) is 10.9 Å². The van der Waals surface area contributed by atoms with Crippen LogP contribution < -0.4 is 10.6 Å². The number of aromatic amines is 1. The molecular weight excluding hydrogens is 344 g/mol. The van der Waals surface area contributed by atoms with Gasteiger partial charge in [0.05, 0.1) is 0 Å². The normalized spacial score (nSPS) is 26.2. The maximum atomic E-state index is 11.2. The average molecular weight is 371 g/mol. The average Bonchev–Trinajstić information content (AvgIpc) is 2.99. The van der Waals surface area contributed by atoms with E-state index < -0.39 is 0 Å². The van der Waals surface area contributed by atoms with E-state index >= 15 is 0 Å². The number of piperidine rings is 1. The van der Waals surface area contributed by atoms with E-state index in [1.807, 2.05) is 0 Å². The summed E-state index contributed by atoms with van der Waals surface area (Å²) in [5.41, 5.74) is 4.17. The first-order valence-corrected chi connectivity index (χ1v) is 9.72. The number of H-pyrrole nitrogens is 1. The van der Waals surface area contributed by atoms with Gasteiger partial charge in [-0.1, -0.05) is 12.1 Å². The van der Waals surface area contributed by atoms with Crippen LogP contribution in [0.15, 0.2) is 24.4 Å². The van der Waals surface area contributed by atoms with Crippen LogP contribution in [0.4, 0.5) is 0 Å². The van der Waals surface area contributed by atoms with Crippen LogP contribution in [0.5, 0.6) is 0 Å². The summed E-state index contributed by atoms with van der Waals surface area (Å²) in [4.78, 5) is 17.1. The summed E-state index contributed by atoms with van der Waals surface area (Å²) in [5, 5.41) is 7.82. The molecule has 0 saturated carbocycles. The number of thiocarbonyl (C=S) groups is 1. The first-order chi connectivity index (χ1) is 12.4. The molecule has 2 heterocycles. The Morgan fingerprint density at radius 2 is 2.23 bits per heavy atom. The molecule has 2 aliphatic rings. The van der Waals surface area contributed by atoms with Gasteiger partial charge in [0, 0.05) is 48.6 Å². The van der Waals surface area contributed by atoms with Gasteiger partial charge in [0.15, 0.2) is 5.11 Å². The van der Waals surface area contributed by atoms with Gasteiger partial charge in [0.1, 0.15) is 0 Å². The molecule has 3 N–H and O–H groups in total. The van der Waals surface area contributed by atoms with Crippen LogP contribution in [-0.4, -0.2) is 46.6 Å². The summed E-state index contributed by atoms with van der Waals surface area (Å²) >= 11 is 5.25. The Morgan fingerprint density at radius 1 is 1.42 bits per heavy atom. The number of likely N-dealkylation sites (tertiary alicyclic amines) is 1. The zero-order valence-corrected chi connectivity index (χ0v) is 16.3. The minimum Gasteiger partial charge on any atom is -0.361 e. The number of amides is 1. The molecule has 4 atom stereocenters. The SMILES string of the molecule is CC(=O)NC(=S)NC(C)[C@@H]1C[C@@H]2c3cccc4[nH]cc(c34)C[C@H]2N(C)C1. The van der Waals surface area contributed by atoms with Crippen molar-refractivity contribution in [2.75, 3.05) is 13.6 Å². The molecule has 1 aliphatic heterocycles. The lowest BCUT2D eigenvalue weighted by atomic mass is 9.71. The Kier molecular flexibility index (Phi) is 4.49. The molecule has 0 spiro atoms. The zero-order chi connectivity index (χ0) is 18.4. The van der Waals surface area contributed by atoms with Crippen molar-refractivity contribution in [3.8, 4) is 0 Å². The van der Waals surface area contributed by atoms with E-state index in [0.29, 0.717) is 23.0 Å². The number of hydrogen-bond acceptors (Lipinski definition) is 3. The minimum absolute atomic E-state index is 0.130. The molecule has 0 radical (unpaired) electrons. The van der Waals surface area contributed by atoms with Crippen molar-refractivity contribution in [2.24, 2.45) is 5.92 Å². The van der Waals surface area contributed by atoms with E-state index in [1.165, 1.54) is 29.0 Å². The van der Waals surface area contributed by atoms with Crippen molar-refractivity contribution < 1.29 is 4.79 Å². The molecule has 2 aromatic rings. The smallest absolute Gasteiger partial charge is 0.222 e. The van der Waals surface area contributed by atoms with Gasteiger partial charge >= 0.3 is 0 Å². The molecule has 138 valence electrons. The van der Waals surface area contributed by atoms with Crippen molar-refractivity contribution in [3.63, 3.8) is 0 Å². The molecule has 0 bridgehead atoms. The number of nitrogens with zero attached hydrogens (tertiary/aromatic N) is 1. The Labute approximate surface area is 159 Å². The summed E-state index contributed by atoms with van der Waals surface area (Å²) in [6, 6.07) is 7.40. The van der Waals surface area contributed by atoms with E-state index in [-0.39, 0.29) is 11.9 Å². The molecule has 1 fully saturated rings. The van der Waals surface area contributed by atoms with Crippen molar-refractivity contribution in [1.82, 2.24) is 20.5 Å². The highest BCUT2D eigenvalue weighted by Crippen LogP contribution is 2.44. The second kappa shape index (κ2) is 6.67. The van der Waals surface area contributed by atoms with Crippen molar-refractivity contribution in [2.45, 2.75) is 44.7 Å².